The summed E-state index contributed by atoms with van der Waals surface area (Å²) in [6, 6.07) is 9.70. The van der Waals surface area contributed by atoms with E-state index in [0.717, 1.165) is 0 Å². The van der Waals surface area contributed by atoms with Crippen molar-refractivity contribution < 1.29 is 0 Å². The quantitative estimate of drug-likeness (QED) is 0.322. The Labute approximate surface area is 215 Å². The van der Waals surface area contributed by atoms with E-state index in [9.17, 15) is 0 Å². The van der Waals surface area contributed by atoms with Gasteiger partial charge in [0.1, 0.15) is 0 Å². The number of rotatable bonds is 6. The number of hydrogen-bond donors (Lipinski definition) is 0. The van der Waals surface area contributed by atoms with Crippen LogP contribution in [0.25, 0.3) is 20.9 Å². The van der Waals surface area contributed by atoms with Crippen LogP contribution in [0.5, 0.6) is 0 Å². The third kappa shape index (κ3) is 3.27. The molecule has 3 aromatic rings. The van der Waals surface area contributed by atoms with Crippen LogP contribution in [-0.2, 0) is 21.7 Å². The van der Waals surface area contributed by atoms with E-state index in [1.54, 1.807) is 27.8 Å². The van der Waals surface area contributed by atoms with Gasteiger partial charge in [0, 0.05) is 9.75 Å². The van der Waals surface area contributed by atoms with Crippen LogP contribution in [0.4, 0.5) is 0 Å². The first-order chi connectivity index (χ1) is 16.1. The van der Waals surface area contributed by atoms with E-state index in [0.29, 0.717) is 10.8 Å². The smallest absolute Gasteiger partial charge is 0.0448 e. The first-order valence-electron chi connectivity index (χ1n) is 13.4. The fourth-order valence-electron chi connectivity index (χ4n) is 8.05. The highest BCUT2D eigenvalue weighted by Crippen LogP contribution is 2.63. The van der Waals surface area contributed by atoms with Crippen LogP contribution >= 0.6 is 22.7 Å². The van der Waals surface area contributed by atoms with E-state index in [2.05, 4.69) is 90.4 Å². The van der Waals surface area contributed by atoms with Gasteiger partial charge in [-0.3, -0.25) is 0 Å². The molecule has 5 rings (SSSR count). The molecule has 182 valence electrons. The molecule has 0 fully saturated rings. The molecule has 2 aliphatic carbocycles. The van der Waals surface area contributed by atoms with Crippen molar-refractivity contribution in [3.63, 3.8) is 0 Å². The van der Waals surface area contributed by atoms with Gasteiger partial charge in [-0.05, 0) is 116 Å². The van der Waals surface area contributed by atoms with E-state index in [1.165, 1.54) is 53.8 Å². The predicted octanol–water partition coefficient (Wildman–Crippen LogP) is 10.6. The average molecular weight is 491 g/mol. The van der Waals surface area contributed by atoms with Crippen molar-refractivity contribution in [2.75, 3.05) is 0 Å². The fraction of sp³-hybridized carbons (Fsp3) is 0.562. The molecule has 34 heavy (non-hydrogen) atoms. The highest BCUT2D eigenvalue weighted by molar-refractivity contribution is 7.20. The number of thiophene rings is 2. The molecule has 0 aliphatic heterocycles. The van der Waals surface area contributed by atoms with Crippen LogP contribution in [-0.4, -0.2) is 0 Å². The second-order valence-corrected chi connectivity index (χ2v) is 14.2. The molecule has 2 heterocycles. The molecular weight excluding hydrogens is 448 g/mol. The molecule has 1 aromatic carbocycles. The van der Waals surface area contributed by atoms with Crippen LogP contribution in [0.1, 0.15) is 116 Å². The van der Waals surface area contributed by atoms with Crippen LogP contribution in [0.3, 0.4) is 0 Å². The Morgan fingerprint density at radius 2 is 1.24 bits per heavy atom. The summed E-state index contributed by atoms with van der Waals surface area (Å²) in [7, 11) is 0. The Kier molecular flexibility index (Phi) is 5.77. The van der Waals surface area contributed by atoms with Crippen molar-refractivity contribution in [1.29, 1.82) is 0 Å². The maximum absolute atomic E-state index is 2.74. The van der Waals surface area contributed by atoms with E-state index in [1.807, 2.05) is 22.7 Å². The zero-order valence-corrected chi connectivity index (χ0v) is 24.2. The lowest BCUT2D eigenvalue weighted by atomic mass is 9.72. The highest BCUT2D eigenvalue weighted by atomic mass is 32.1. The third-order valence-corrected chi connectivity index (χ3v) is 11.7. The fourth-order valence-corrected chi connectivity index (χ4v) is 9.79. The summed E-state index contributed by atoms with van der Waals surface area (Å²) in [5.74, 6) is 0. The Morgan fingerprint density at radius 3 is 1.68 bits per heavy atom. The number of hydrogen-bond acceptors (Lipinski definition) is 2. The Hall–Kier alpha value is -1.38. The minimum atomic E-state index is 0.191. The molecular formula is C32H42S2. The monoisotopic (exact) mass is 490 g/mol. The van der Waals surface area contributed by atoms with E-state index < -0.39 is 0 Å². The minimum absolute atomic E-state index is 0.191. The first-order valence-corrected chi connectivity index (χ1v) is 15.2. The van der Waals surface area contributed by atoms with Gasteiger partial charge in [0.2, 0.25) is 0 Å². The van der Waals surface area contributed by atoms with Gasteiger partial charge in [-0.1, -0.05) is 67.5 Å². The van der Waals surface area contributed by atoms with Crippen molar-refractivity contribution in [1.82, 2.24) is 0 Å². The molecule has 0 N–H and O–H groups in total. The van der Waals surface area contributed by atoms with E-state index in [4.69, 9.17) is 0 Å². The van der Waals surface area contributed by atoms with Gasteiger partial charge in [-0.15, -0.1) is 22.7 Å². The van der Waals surface area contributed by atoms with Crippen molar-refractivity contribution in [2.45, 2.75) is 116 Å². The van der Waals surface area contributed by atoms with Crippen LogP contribution in [0.2, 0.25) is 0 Å². The van der Waals surface area contributed by atoms with Crippen molar-refractivity contribution >= 4 is 22.7 Å². The predicted molar refractivity (Wildman–Crippen MR) is 153 cm³/mol. The van der Waals surface area contributed by atoms with Crippen LogP contribution in [0.15, 0.2) is 35.0 Å². The number of fused-ring (bicyclic) bond motifs is 2. The zero-order chi connectivity index (χ0) is 24.5. The van der Waals surface area contributed by atoms with Gasteiger partial charge in [0.25, 0.3) is 0 Å². The summed E-state index contributed by atoms with van der Waals surface area (Å²) in [4.78, 5) is 2.81. The lowest BCUT2D eigenvalue weighted by Gasteiger charge is -2.32. The van der Waals surface area contributed by atoms with E-state index >= 15 is 0 Å². The molecule has 0 radical (unpaired) electrons. The summed E-state index contributed by atoms with van der Waals surface area (Å²) in [5, 5.41) is 4.67. The largest absolute Gasteiger partial charge is 0.143 e. The second kappa shape index (κ2) is 8.07. The molecule has 2 heteroatoms. The molecule has 2 aliphatic rings. The van der Waals surface area contributed by atoms with Crippen molar-refractivity contribution in [3.05, 3.63) is 57.3 Å². The molecule has 0 spiro atoms. The SMILES string of the molecule is CCC1(CC)CC(C)(C)c2c1cc1c(c2-c2csc(-c3cccs3)c2)C(C)(C)CC1(CC)CC. The third-order valence-electron chi connectivity index (χ3n) is 9.74. The zero-order valence-electron chi connectivity index (χ0n) is 22.5. The van der Waals surface area contributed by atoms with Crippen molar-refractivity contribution in [3.8, 4) is 20.9 Å². The van der Waals surface area contributed by atoms with Gasteiger partial charge in [-0.2, -0.15) is 0 Å². The molecule has 0 atom stereocenters. The van der Waals surface area contributed by atoms with Crippen LogP contribution < -0.4 is 0 Å². The van der Waals surface area contributed by atoms with Gasteiger partial charge in [0.05, 0.1) is 0 Å². The summed E-state index contributed by atoms with van der Waals surface area (Å²) >= 11 is 3.79. The summed E-state index contributed by atoms with van der Waals surface area (Å²) < 4.78 is 0. The first kappa shape index (κ1) is 24.3. The lowest BCUT2D eigenvalue weighted by molar-refractivity contribution is 0.322. The molecule has 0 amide bonds. The summed E-state index contributed by atoms with van der Waals surface area (Å²) in [5.41, 5.74) is 10.8. The van der Waals surface area contributed by atoms with Crippen LogP contribution in [0, 0.1) is 0 Å². The average Bonchev–Trinajstić information content (AvgIpc) is 3.57. The Bertz CT molecular complexity index is 1140. The molecule has 0 saturated carbocycles. The van der Waals surface area contributed by atoms with Crippen molar-refractivity contribution in [2.24, 2.45) is 0 Å². The molecule has 2 aromatic heterocycles. The van der Waals surface area contributed by atoms with Gasteiger partial charge in [-0.25, -0.2) is 0 Å². The summed E-state index contributed by atoms with van der Waals surface area (Å²) in [6.45, 7) is 19.8. The normalized spacial score (nSPS) is 20.9. The van der Waals surface area contributed by atoms with Gasteiger partial charge in [0.15, 0.2) is 0 Å². The van der Waals surface area contributed by atoms with Gasteiger partial charge >= 0.3 is 0 Å². The lowest BCUT2D eigenvalue weighted by Crippen LogP contribution is -2.25. The summed E-state index contributed by atoms with van der Waals surface area (Å²) in [6.07, 6.45) is 7.47. The Morgan fingerprint density at radius 1 is 0.706 bits per heavy atom. The molecule has 0 nitrogen and oxygen atoms in total. The minimum Gasteiger partial charge on any atom is -0.143 e. The maximum atomic E-state index is 2.74. The van der Waals surface area contributed by atoms with E-state index in [-0.39, 0.29) is 10.8 Å². The topological polar surface area (TPSA) is 0 Å². The standard InChI is InChI=1S/C32H42S2/c1-9-31(10-2)19-29(5,6)27-22(31)17-23-28(30(7,8)20-32(23,11-3)12-4)26(27)21-16-25(34-18-21)24-14-13-15-33-24/h13-18H,9-12,19-20H2,1-8H3. The maximum Gasteiger partial charge on any atom is 0.0448 e. The molecule has 0 unspecified atom stereocenters. The Balaban J connectivity index is 1.90. The number of benzene rings is 1. The highest BCUT2D eigenvalue weighted by Gasteiger charge is 2.53. The molecule has 0 bridgehead atoms. The van der Waals surface area contributed by atoms with Gasteiger partial charge < -0.3 is 0 Å². The molecule has 0 saturated heterocycles. The second-order valence-electron chi connectivity index (χ2n) is 12.4.